The third-order valence-electron chi connectivity index (χ3n) is 2.13. The molecule has 0 saturated heterocycles. The maximum Gasteiger partial charge on any atom is 0.0585 e. The molecule has 1 atom stereocenters. The molecular formula is C10H23NO2. The molecule has 3 heteroatoms. The maximum absolute atomic E-state index is 8.85. The number of aliphatic hydroxyl groups is 1. The van der Waals surface area contributed by atoms with Gasteiger partial charge >= 0.3 is 0 Å². The van der Waals surface area contributed by atoms with Gasteiger partial charge in [-0.2, -0.15) is 0 Å². The zero-order valence-corrected chi connectivity index (χ0v) is 8.88. The topological polar surface area (TPSA) is 41.5 Å². The first-order valence-electron chi connectivity index (χ1n) is 5.21. The molecule has 0 heterocycles. The standard InChI is InChI=1S/C10H23NO2/c1-3-4-5-7-13-8-6-10(9-12)11-2/h10-12H,3-9H2,1-2H3. The normalized spacial score (nSPS) is 13.2. The van der Waals surface area contributed by atoms with Crippen molar-refractivity contribution in [2.24, 2.45) is 0 Å². The van der Waals surface area contributed by atoms with Crippen LogP contribution < -0.4 is 5.32 Å². The minimum absolute atomic E-state index is 0.186. The fourth-order valence-electron chi connectivity index (χ4n) is 1.11. The van der Waals surface area contributed by atoms with Gasteiger partial charge in [0.25, 0.3) is 0 Å². The van der Waals surface area contributed by atoms with Crippen molar-refractivity contribution in [2.75, 3.05) is 26.9 Å². The van der Waals surface area contributed by atoms with E-state index in [-0.39, 0.29) is 12.6 Å². The molecule has 0 fully saturated rings. The second-order valence-electron chi connectivity index (χ2n) is 3.28. The van der Waals surface area contributed by atoms with Gasteiger partial charge in [-0.05, 0) is 19.9 Å². The molecule has 0 rings (SSSR count). The summed E-state index contributed by atoms with van der Waals surface area (Å²) in [4.78, 5) is 0. The van der Waals surface area contributed by atoms with Crippen LogP contribution in [0.25, 0.3) is 0 Å². The van der Waals surface area contributed by atoms with Crippen molar-refractivity contribution >= 4 is 0 Å². The molecule has 0 aromatic rings. The van der Waals surface area contributed by atoms with E-state index in [4.69, 9.17) is 9.84 Å². The highest BCUT2D eigenvalue weighted by molar-refractivity contribution is 4.60. The SMILES string of the molecule is CCCCCOCCC(CO)NC. The molecule has 80 valence electrons. The van der Waals surface area contributed by atoms with Crippen LogP contribution in [0.4, 0.5) is 0 Å². The highest BCUT2D eigenvalue weighted by Crippen LogP contribution is 1.96. The smallest absolute Gasteiger partial charge is 0.0585 e. The van der Waals surface area contributed by atoms with Crippen LogP contribution in [0.15, 0.2) is 0 Å². The summed E-state index contributed by atoms with van der Waals surface area (Å²) in [5.74, 6) is 0. The molecule has 13 heavy (non-hydrogen) atoms. The van der Waals surface area contributed by atoms with Gasteiger partial charge in [-0.15, -0.1) is 0 Å². The zero-order valence-electron chi connectivity index (χ0n) is 8.88. The molecule has 0 aliphatic heterocycles. The van der Waals surface area contributed by atoms with E-state index in [2.05, 4.69) is 12.2 Å². The third kappa shape index (κ3) is 8.22. The number of ether oxygens (including phenoxy) is 1. The van der Waals surface area contributed by atoms with Gasteiger partial charge in [0.05, 0.1) is 6.61 Å². The lowest BCUT2D eigenvalue weighted by Gasteiger charge is -2.12. The lowest BCUT2D eigenvalue weighted by molar-refractivity contribution is 0.112. The molecule has 0 aromatic carbocycles. The average molecular weight is 189 g/mol. The highest BCUT2D eigenvalue weighted by Gasteiger charge is 2.02. The predicted octanol–water partition coefficient (Wildman–Crippen LogP) is 1.16. The number of hydrogen-bond donors (Lipinski definition) is 2. The Morgan fingerprint density at radius 3 is 2.62 bits per heavy atom. The zero-order chi connectivity index (χ0) is 9.94. The summed E-state index contributed by atoms with van der Waals surface area (Å²) in [7, 11) is 1.86. The summed E-state index contributed by atoms with van der Waals surface area (Å²) in [6.07, 6.45) is 4.52. The van der Waals surface area contributed by atoms with Crippen molar-refractivity contribution in [2.45, 2.75) is 38.6 Å². The molecule has 1 unspecified atom stereocenters. The largest absolute Gasteiger partial charge is 0.395 e. The van der Waals surface area contributed by atoms with Gasteiger partial charge in [-0.3, -0.25) is 0 Å². The van der Waals surface area contributed by atoms with Gasteiger partial charge in [0, 0.05) is 19.3 Å². The first kappa shape index (κ1) is 12.9. The van der Waals surface area contributed by atoms with Gasteiger partial charge in [-0.25, -0.2) is 0 Å². The number of aliphatic hydroxyl groups excluding tert-OH is 1. The maximum atomic E-state index is 8.85. The van der Waals surface area contributed by atoms with Crippen LogP contribution >= 0.6 is 0 Å². The molecule has 0 spiro atoms. The summed E-state index contributed by atoms with van der Waals surface area (Å²) in [5.41, 5.74) is 0. The van der Waals surface area contributed by atoms with Crippen molar-refractivity contribution < 1.29 is 9.84 Å². The van der Waals surface area contributed by atoms with Crippen molar-refractivity contribution in [1.82, 2.24) is 5.32 Å². The first-order chi connectivity index (χ1) is 6.35. The minimum Gasteiger partial charge on any atom is -0.395 e. The molecule has 0 bridgehead atoms. The lowest BCUT2D eigenvalue weighted by atomic mass is 10.2. The summed E-state index contributed by atoms with van der Waals surface area (Å²) in [5, 5.41) is 11.9. The molecule has 0 saturated carbocycles. The second-order valence-corrected chi connectivity index (χ2v) is 3.28. The Morgan fingerprint density at radius 1 is 1.31 bits per heavy atom. The van der Waals surface area contributed by atoms with E-state index in [0.717, 1.165) is 26.1 Å². The van der Waals surface area contributed by atoms with Crippen molar-refractivity contribution in [3.8, 4) is 0 Å². The number of likely N-dealkylation sites (N-methyl/N-ethyl adjacent to an activating group) is 1. The molecule has 0 aliphatic rings. The predicted molar refractivity (Wildman–Crippen MR) is 54.9 cm³/mol. The summed E-state index contributed by atoms with van der Waals surface area (Å²) < 4.78 is 5.42. The van der Waals surface area contributed by atoms with E-state index in [1.807, 2.05) is 7.05 Å². The number of rotatable bonds is 9. The van der Waals surface area contributed by atoms with Crippen molar-refractivity contribution in [1.29, 1.82) is 0 Å². The van der Waals surface area contributed by atoms with E-state index < -0.39 is 0 Å². The van der Waals surface area contributed by atoms with Crippen LogP contribution in [-0.2, 0) is 4.74 Å². The van der Waals surface area contributed by atoms with E-state index in [0.29, 0.717) is 0 Å². The Hall–Kier alpha value is -0.120. The van der Waals surface area contributed by atoms with Crippen LogP contribution in [0.5, 0.6) is 0 Å². The Kier molecular flexibility index (Phi) is 9.87. The third-order valence-corrected chi connectivity index (χ3v) is 2.13. The number of nitrogens with one attached hydrogen (secondary N) is 1. The van der Waals surface area contributed by atoms with Crippen LogP contribution in [0, 0.1) is 0 Å². The van der Waals surface area contributed by atoms with Gasteiger partial charge in [-0.1, -0.05) is 19.8 Å². The highest BCUT2D eigenvalue weighted by atomic mass is 16.5. The average Bonchev–Trinajstić information content (AvgIpc) is 2.17. The molecule has 0 amide bonds. The quantitative estimate of drug-likeness (QED) is 0.535. The van der Waals surface area contributed by atoms with E-state index in [9.17, 15) is 0 Å². The Bertz CT molecular complexity index is 94.9. The molecule has 2 N–H and O–H groups in total. The Morgan fingerprint density at radius 2 is 2.08 bits per heavy atom. The first-order valence-corrected chi connectivity index (χ1v) is 5.21. The fourth-order valence-corrected chi connectivity index (χ4v) is 1.11. The molecule has 0 radical (unpaired) electrons. The summed E-state index contributed by atoms with van der Waals surface area (Å²) in [6.45, 7) is 3.98. The minimum atomic E-state index is 0.186. The van der Waals surface area contributed by atoms with Gasteiger partial charge in [0.15, 0.2) is 0 Å². The van der Waals surface area contributed by atoms with Crippen LogP contribution in [0.2, 0.25) is 0 Å². The van der Waals surface area contributed by atoms with Crippen LogP contribution in [0.3, 0.4) is 0 Å². The Balaban J connectivity index is 3.05. The molecule has 0 aliphatic carbocycles. The van der Waals surface area contributed by atoms with Crippen molar-refractivity contribution in [3.05, 3.63) is 0 Å². The van der Waals surface area contributed by atoms with E-state index in [1.54, 1.807) is 0 Å². The monoisotopic (exact) mass is 189 g/mol. The van der Waals surface area contributed by atoms with E-state index >= 15 is 0 Å². The number of hydrogen-bond acceptors (Lipinski definition) is 3. The lowest BCUT2D eigenvalue weighted by Crippen LogP contribution is -2.30. The van der Waals surface area contributed by atoms with Crippen LogP contribution in [-0.4, -0.2) is 38.0 Å². The molecular weight excluding hydrogens is 166 g/mol. The van der Waals surface area contributed by atoms with Gasteiger partial charge < -0.3 is 15.2 Å². The fraction of sp³-hybridized carbons (Fsp3) is 1.00. The van der Waals surface area contributed by atoms with E-state index in [1.165, 1.54) is 12.8 Å². The Labute approximate surface area is 81.5 Å². The van der Waals surface area contributed by atoms with Crippen molar-refractivity contribution in [3.63, 3.8) is 0 Å². The second kappa shape index (κ2) is 9.96. The van der Waals surface area contributed by atoms with Gasteiger partial charge in [0.2, 0.25) is 0 Å². The molecule has 3 nitrogen and oxygen atoms in total. The summed E-state index contributed by atoms with van der Waals surface area (Å²) in [6, 6.07) is 0.186. The molecule has 0 aromatic heterocycles. The summed E-state index contributed by atoms with van der Waals surface area (Å²) >= 11 is 0. The van der Waals surface area contributed by atoms with Crippen LogP contribution in [0.1, 0.15) is 32.6 Å². The number of unbranched alkanes of at least 4 members (excludes halogenated alkanes) is 2. The van der Waals surface area contributed by atoms with Gasteiger partial charge in [0.1, 0.15) is 0 Å².